The Kier molecular flexibility index (Phi) is 4.08. The second kappa shape index (κ2) is 5.87. The highest BCUT2D eigenvalue weighted by Gasteiger charge is 2.35. The quantitative estimate of drug-likeness (QED) is 0.654. The van der Waals surface area contributed by atoms with E-state index in [1.165, 1.54) is 4.90 Å². The fourth-order valence-corrected chi connectivity index (χ4v) is 3.92. The number of hydrogen-bond donors (Lipinski definition) is 1. The maximum atomic E-state index is 11.6. The summed E-state index contributed by atoms with van der Waals surface area (Å²) < 4.78 is 0.382. The summed E-state index contributed by atoms with van der Waals surface area (Å²) in [5.41, 5.74) is 2.06. The minimum absolute atomic E-state index is 0.290. The zero-order valence-electron chi connectivity index (χ0n) is 11.1. The van der Waals surface area contributed by atoms with Crippen molar-refractivity contribution in [1.29, 1.82) is 0 Å². The zero-order chi connectivity index (χ0) is 15.9. The molecule has 114 valence electrons. The number of thiophene rings is 1. The molecule has 0 fully saturated rings. The SMILES string of the molecule is O=Cc1cc(C2c3nc(Cl)ccc3CCN2C(=O)O)c(Cl)s1. The maximum absolute atomic E-state index is 11.6. The monoisotopic (exact) mass is 356 g/mol. The summed E-state index contributed by atoms with van der Waals surface area (Å²) in [5, 5.41) is 9.77. The van der Waals surface area contributed by atoms with Gasteiger partial charge in [0.1, 0.15) is 11.2 Å². The molecule has 0 aromatic carbocycles. The molecule has 3 heterocycles. The highest BCUT2D eigenvalue weighted by Crippen LogP contribution is 2.41. The van der Waals surface area contributed by atoms with Gasteiger partial charge in [-0.05, 0) is 24.1 Å². The normalized spacial score (nSPS) is 17.2. The van der Waals surface area contributed by atoms with E-state index in [-0.39, 0.29) is 5.15 Å². The maximum Gasteiger partial charge on any atom is 0.408 e. The topological polar surface area (TPSA) is 70.5 Å². The summed E-state index contributed by atoms with van der Waals surface area (Å²) in [6, 6.07) is 4.48. The Morgan fingerprint density at radius 2 is 2.23 bits per heavy atom. The largest absolute Gasteiger partial charge is 0.465 e. The van der Waals surface area contributed by atoms with Gasteiger partial charge in [-0.2, -0.15) is 0 Å². The molecule has 1 aliphatic rings. The Morgan fingerprint density at radius 3 is 2.86 bits per heavy atom. The van der Waals surface area contributed by atoms with Gasteiger partial charge in [-0.1, -0.05) is 29.3 Å². The first kappa shape index (κ1) is 15.3. The number of halogens is 2. The number of aldehydes is 1. The van der Waals surface area contributed by atoms with E-state index in [0.717, 1.165) is 16.9 Å². The second-order valence-corrected chi connectivity index (χ2v) is 6.88. The summed E-state index contributed by atoms with van der Waals surface area (Å²) in [4.78, 5) is 28.5. The Labute approximate surface area is 140 Å². The molecular formula is C14H10Cl2N2O3S. The van der Waals surface area contributed by atoms with Crippen molar-refractivity contribution in [2.45, 2.75) is 12.5 Å². The lowest BCUT2D eigenvalue weighted by Gasteiger charge is -2.34. The third kappa shape index (κ3) is 2.58. The van der Waals surface area contributed by atoms with Crippen LogP contribution in [0.15, 0.2) is 18.2 Å². The summed E-state index contributed by atoms with van der Waals surface area (Å²) >= 11 is 13.3. The van der Waals surface area contributed by atoms with Crippen molar-refractivity contribution in [3.8, 4) is 0 Å². The Hall–Kier alpha value is -1.63. The molecule has 1 amide bonds. The molecule has 1 unspecified atom stereocenters. The fraction of sp³-hybridized carbons (Fsp3) is 0.214. The molecule has 1 atom stereocenters. The van der Waals surface area contributed by atoms with Crippen LogP contribution in [0.25, 0.3) is 0 Å². The van der Waals surface area contributed by atoms with Gasteiger partial charge in [0, 0.05) is 12.1 Å². The van der Waals surface area contributed by atoms with Crippen LogP contribution in [0.1, 0.15) is 32.5 Å². The number of amides is 1. The van der Waals surface area contributed by atoms with Crippen molar-refractivity contribution in [1.82, 2.24) is 9.88 Å². The average Bonchev–Trinajstić information content (AvgIpc) is 2.86. The number of carbonyl (C=O) groups is 2. The van der Waals surface area contributed by atoms with E-state index < -0.39 is 12.1 Å². The molecule has 5 nitrogen and oxygen atoms in total. The molecule has 8 heteroatoms. The van der Waals surface area contributed by atoms with Crippen LogP contribution < -0.4 is 0 Å². The first-order valence-electron chi connectivity index (χ1n) is 6.40. The number of aromatic nitrogens is 1. The lowest BCUT2D eigenvalue weighted by molar-refractivity contribution is 0.112. The van der Waals surface area contributed by atoms with Gasteiger partial charge in [0.05, 0.1) is 14.9 Å². The van der Waals surface area contributed by atoms with Crippen LogP contribution >= 0.6 is 34.5 Å². The van der Waals surface area contributed by atoms with E-state index in [0.29, 0.717) is 39.7 Å². The van der Waals surface area contributed by atoms with Crippen LogP contribution in [0.3, 0.4) is 0 Å². The van der Waals surface area contributed by atoms with Gasteiger partial charge < -0.3 is 5.11 Å². The number of carbonyl (C=O) groups excluding carboxylic acids is 1. The van der Waals surface area contributed by atoms with Gasteiger partial charge in [-0.25, -0.2) is 9.78 Å². The van der Waals surface area contributed by atoms with Crippen LogP contribution in [-0.2, 0) is 6.42 Å². The van der Waals surface area contributed by atoms with Crippen molar-refractivity contribution in [3.05, 3.63) is 49.4 Å². The average molecular weight is 357 g/mol. The molecule has 0 bridgehead atoms. The Morgan fingerprint density at radius 1 is 1.45 bits per heavy atom. The number of rotatable bonds is 2. The minimum Gasteiger partial charge on any atom is -0.465 e. The summed E-state index contributed by atoms with van der Waals surface area (Å²) in [5.74, 6) is 0. The van der Waals surface area contributed by atoms with Crippen molar-refractivity contribution in [2.75, 3.05) is 6.54 Å². The van der Waals surface area contributed by atoms with Crippen molar-refractivity contribution in [2.24, 2.45) is 0 Å². The minimum atomic E-state index is -1.06. The third-order valence-corrected chi connectivity index (χ3v) is 5.08. The number of hydrogen-bond acceptors (Lipinski definition) is 4. The highest BCUT2D eigenvalue weighted by atomic mass is 35.5. The smallest absolute Gasteiger partial charge is 0.408 e. The predicted molar refractivity (Wildman–Crippen MR) is 84.2 cm³/mol. The van der Waals surface area contributed by atoms with Crippen LogP contribution in [0.2, 0.25) is 9.49 Å². The van der Waals surface area contributed by atoms with Gasteiger partial charge in [0.2, 0.25) is 0 Å². The number of carboxylic acid groups (broad SMARTS) is 1. The lowest BCUT2D eigenvalue weighted by Crippen LogP contribution is -2.40. The number of fused-ring (bicyclic) bond motifs is 1. The Balaban J connectivity index is 2.19. The molecule has 0 saturated heterocycles. The van der Waals surface area contributed by atoms with E-state index in [1.807, 2.05) is 6.07 Å². The van der Waals surface area contributed by atoms with E-state index in [2.05, 4.69) is 4.98 Å². The number of nitrogens with zero attached hydrogens (tertiary/aromatic N) is 2. The van der Waals surface area contributed by atoms with Gasteiger partial charge in [-0.3, -0.25) is 9.69 Å². The molecule has 1 aliphatic heterocycles. The lowest BCUT2D eigenvalue weighted by atomic mass is 9.94. The first-order chi connectivity index (χ1) is 10.5. The predicted octanol–water partition coefficient (Wildman–Crippen LogP) is 3.89. The van der Waals surface area contributed by atoms with Gasteiger partial charge in [-0.15, -0.1) is 11.3 Å². The van der Waals surface area contributed by atoms with E-state index >= 15 is 0 Å². The van der Waals surface area contributed by atoms with Crippen LogP contribution in [0.4, 0.5) is 4.79 Å². The molecule has 0 radical (unpaired) electrons. The van der Waals surface area contributed by atoms with E-state index in [4.69, 9.17) is 23.2 Å². The fourth-order valence-electron chi connectivity index (χ4n) is 2.61. The Bertz CT molecular complexity index is 763. The zero-order valence-corrected chi connectivity index (χ0v) is 13.5. The molecule has 0 saturated carbocycles. The van der Waals surface area contributed by atoms with Gasteiger partial charge >= 0.3 is 6.09 Å². The van der Waals surface area contributed by atoms with Crippen molar-refractivity contribution < 1.29 is 14.7 Å². The molecule has 22 heavy (non-hydrogen) atoms. The molecule has 1 N–H and O–H groups in total. The van der Waals surface area contributed by atoms with E-state index in [9.17, 15) is 14.7 Å². The third-order valence-electron chi connectivity index (χ3n) is 3.56. The van der Waals surface area contributed by atoms with Crippen molar-refractivity contribution >= 4 is 46.9 Å². The molecule has 3 rings (SSSR count). The first-order valence-corrected chi connectivity index (χ1v) is 7.97. The molecule has 0 spiro atoms. The highest BCUT2D eigenvalue weighted by molar-refractivity contribution is 7.17. The van der Waals surface area contributed by atoms with Gasteiger partial charge in [0.15, 0.2) is 6.29 Å². The van der Waals surface area contributed by atoms with E-state index in [1.54, 1.807) is 12.1 Å². The molecular weight excluding hydrogens is 347 g/mol. The summed E-state index contributed by atoms with van der Waals surface area (Å²) in [7, 11) is 0. The molecule has 2 aromatic heterocycles. The van der Waals surface area contributed by atoms with Crippen LogP contribution in [0.5, 0.6) is 0 Å². The van der Waals surface area contributed by atoms with Crippen LogP contribution in [-0.4, -0.2) is 33.9 Å². The number of pyridine rings is 1. The van der Waals surface area contributed by atoms with Crippen LogP contribution in [0, 0.1) is 0 Å². The standard InChI is InChI=1S/C14H10Cl2N2O3S/c15-10-2-1-7-3-4-18(14(20)21)12(11(7)17-10)9-5-8(6-19)22-13(9)16/h1-2,5-6,12H,3-4H2,(H,20,21). The van der Waals surface area contributed by atoms with Gasteiger partial charge in [0.25, 0.3) is 0 Å². The summed E-state index contributed by atoms with van der Waals surface area (Å²) in [6.07, 6.45) is 0.192. The van der Waals surface area contributed by atoms with Crippen molar-refractivity contribution in [3.63, 3.8) is 0 Å². The second-order valence-electron chi connectivity index (χ2n) is 4.80. The molecule has 2 aromatic rings. The summed E-state index contributed by atoms with van der Waals surface area (Å²) in [6.45, 7) is 0.332. The molecule has 0 aliphatic carbocycles.